The van der Waals surface area contributed by atoms with Crippen molar-refractivity contribution < 1.29 is 19.4 Å². The van der Waals surface area contributed by atoms with Gasteiger partial charge >= 0.3 is 17.8 Å². The highest BCUT2D eigenvalue weighted by molar-refractivity contribution is 5.73. The molecule has 2 atom stereocenters. The molecule has 0 spiro atoms. The maximum absolute atomic E-state index is 12.1. The van der Waals surface area contributed by atoms with E-state index in [-0.39, 0.29) is 12.6 Å². The summed E-state index contributed by atoms with van der Waals surface area (Å²) in [6.45, 7) is 7.71. The average molecular weight is 396 g/mol. The fourth-order valence-corrected chi connectivity index (χ4v) is 3.25. The summed E-state index contributed by atoms with van der Waals surface area (Å²) in [6, 6.07) is -0.962. The lowest BCUT2D eigenvalue weighted by Crippen LogP contribution is -2.52. The molecule has 1 aliphatic rings. The van der Waals surface area contributed by atoms with E-state index < -0.39 is 35.0 Å². The number of ether oxygens (including phenoxy) is 1. The van der Waals surface area contributed by atoms with Crippen LogP contribution in [0.2, 0.25) is 0 Å². The number of carbonyl (C=O) groups excluding carboxylic acids is 1. The molecule has 0 aromatic carbocycles. The molecule has 1 aromatic heterocycles. The number of amides is 1. The van der Waals surface area contributed by atoms with Gasteiger partial charge in [0.25, 0.3) is 5.56 Å². The summed E-state index contributed by atoms with van der Waals surface area (Å²) in [7, 11) is 0. The van der Waals surface area contributed by atoms with Crippen LogP contribution < -0.4 is 16.6 Å². The highest BCUT2D eigenvalue weighted by atomic mass is 16.6. The molecule has 28 heavy (non-hydrogen) atoms. The Kier molecular flexibility index (Phi) is 6.65. The van der Waals surface area contributed by atoms with E-state index in [1.54, 1.807) is 32.6 Å². The van der Waals surface area contributed by atoms with Gasteiger partial charge in [0.15, 0.2) is 0 Å². The number of alkyl carbamates (subject to hydrolysis) is 1. The number of aryl methyl sites for hydroxylation is 1. The van der Waals surface area contributed by atoms with Crippen LogP contribution in [0.15, 0.2) is 15.8 Å². The molecule has 156 valence electrons. The van der Waals surface area contributed by atoms with Gasteiger partial charge in [0.05, 0.1) is 6.04 Å². The Bertz CT molecular complexity index is 838. The van der Waals surface area contributed by atoms with Crippen molar-refractivity contribution in [2.75, 3.05) is 19.6 Å². The van der Waals surface area contributed by atoms with Crippen molar-refractivity contribution >= 4 is 12.1 Å². The third kappa shape index (κ3) is 5.69. The molecule has 1 fully saturated rings. The number of hydrogen-bond donors (Lipinski definition) is 3. The Morgan fingerprint density at radius 1 is 1.32 bits per heavy atom. The highest BCUT2D eigenvalue weighted by Gasteiger charge is 2.34. The highest BCUT2D eigenvalue weighted by Crippen LogP contribution is 2.24. The minimum absolute atomic E-state index is 0.213. The number of likely N-dealkylation sites (tertiary alicyclic amines) is 1. The lowest BCUT2D eigenvalue weighted by atomic mass is 9.98. The third-order valence-electron chi connectivity index (χ3n) is 4.55. The third-order valence-corrected chi connectivity index (χ3v) is 4.55. The molecule has 10 heteroatoms. The molecule has 0 bridgehead atoms. The molecule has 1 amide bonds. The molecule has 0 saturated carbocycles. The van der Waals surface area contributed by atoms with Crippen LogP contribution in [-0.4, -0.2) is 62.9 Å². The van der Waals surface area contributed by atoms with E-state index in [2.05, 4.69) is 10.3 Å². The quantitative estimate of drug-likeness (QED) is 0.658. The molecule has 1 aliphatic heterocycles. The van der Waals surface area contributed by atoms with Crippen LogP contribution in [0.4, 0.5) is 4.79 Å². The predicted octanol–water partition coefficient (Wildman–Crippen LogP) is 0.460. The van der Waals surface area contributed by atoms with Gasteiger partial charge in [0, 0.05) is 31.4 Å². The maximum atomic E-state index is 12.1. The van der Waals surface area contributed by atoms with Gasteiger partial charge in [0.2, 0.25) is 0 Å². The summed E-state index contributed by atoms with van der Waals surface area (Å²) < 4.78 is 6.62. The molecule has 2 rings (SSSR count). The van der Waals surface area contributed by atoms with Gasteiger partial charge < -0.3 is 15.2 Å². The topological polar surface area (TPSA) is 134 Å². The average Bonchev–Trinajstić information content (AvgIpc) is 2.56. The van der Waals surface area contributed by atoms with Gasteiger partial charge in [-0.1, -0.05) is 0 Å². The zero-order valence-electron chi connectivity index (χ0n) is 16.7. The van der Waals surface area contributed by atoms with Crippen molar-refractivity contribution in [1.82, 2.24) is 19.8 Å². The molecule has 0 aliphatic carbocycles. The Morgan fingerprint density at radius 2 is 2.00 bits per heavy atom. The number of carboxylic acid groups (broad SMARTS) is 1. The van der Waals surface area contributed by atoms with Gasteiger partial charge in [0.1, 0.15) is 11.6 Å². The van der Waals surface area contributed by atoms with E-state index in [4.69, 9.17) is 4.74 Å². The number of nitrogens with one attached hydrogen (secondary N) is 2. The minimum Gasteiger partial charge on any atom is -0.480 e. The van der Waals surface area contributed by atoms with E-state index in [9.17, 15) is 24.3 Å². The van der Waals surface area contributed by atoms with Crippen LogP contribution in [0.25, 0.3) is 0 Å². The minimum atomic E-state index is -0.944. The van der Waals surface area contributed by atoms with Crippen molar-refractivity contribution in [1.29, 1.82) is 0 Å². The zero-order chi connectivity index (χ0) is 21.1. The summed E-state index contributed by atoms with van der Waals surface area (Å²) in [5.41, 5.74) is -1.15. The van der Waals surface area contributed by atoms with Gasteiger partial charge in [-0.2, -0.15) is 0 Å². The summed E-state index contributed by atoms with van der Waals surface area (Å²) >= 11 is 0. The summed E-state index contributed by atoms with van der Waals surface area (Å²) in [5.74, 6) is -0.944. The zero-order valence-corrected chi connectivity index (χ0v) is 16.7. The second-order valence-corrected chi connectivity index (χ2v) is 7.99. The Hall–Kier alpha value is -2.62. The van der Waals surface area contributed by atoms with Crippen LogP contribution in [-0.2, 0) is 9.53 Å². The van der Waals surface area contributed by atoms with Crippen LogP contribution in [0.5, 0.6) is 0 Å². The number of aromatic nitrogens is 2. The van der Waals surface area contributed by atoms with E-state index in [1.807, 2.05) is 0 Å². The fraction of sp³-hybridized carbons (Fsp3) is 0.667. The first kappa shape index (κ1) is 21.7. The lowest BCUT2D eigenvalue weighted by Gasteiger charge is -2.38. The Morgan fingerprint density at radius 3 is 2.61 bits per heavy atom. The van der Waals surface area contributed by atoms with E-state index in [0.717, 1.165) is 0 Å². The number of H-pyrrole nitrogens is 1. The number of aromatic amines is 1. The first-order valence-corrected chi connectivity index (χ1v) is 9.23. The lowest BCUT2D eigenvalue weighted by molar-refractivity contribution is -0.145. The molecule has 10 nitrogen and oxygen atoms in total. The van der Waals surface area contributed by atoms with Crippen LogP contribution in [0, 0.1) is 6.92 Å². The Labute approximate surface area is 162 Å². The van der Waals surface area contributed by atoms with E-state index in [1.165, 1.54) is 10.8 Å². The SMILES string of the molecule is Cc1cn([C@H]2CC[C@H](C(=O)O)N(CCNC(=O)OC(C)(C)C)C2)c(=O)[nH]c1=O. The van der Waals surface area contributed by atoms with Crippen molar-refractivity contribution in [2.45, 2.75) is 58.2 Å². The van der Waals surface area contributed by atoms with Gasteiger partial charge in [-0.05, 0) is 40.5 Å². The number of rotatable bonds is 5. The van der Waals surface area contributed by atoms with Crippen LogP contribution >= 0.6 is 0 Å². The van der Waals surface area contributed by atoms with Crippen LogP contribution in [0.3, 0.4) is 0 Å². The largest absolute Gasteiger partial charge is 0.480 e. The number of hydrogen-bond acceptors (Lipinski definition) is 6. The summed E-state index contributed by atoms with van der Waals surface area (Å²) in [5, 5.41) is 12.1. The summed E-state index contributed by atoms with van der Waals surface area (Å²) in [4.78, 5) is 51.1. The van der Waals surface area contributed by atoms with E-state index in [0.29, 0.717) is 31.5 Å². The molecule has 1 saturated heterocycles. The van der Waals surface area contributed by atoms with Crippen molar-refractivity contribution in [2.24, 2.45) is 0 Å². The number of piperidine rings is 1. The number of carbonyl (C=O) groups is 2. The van der Waals surface area contributed by atoms with Crippen molar-refractivity contribution in [3.05, 3.63) is 32.6 Å². The van der Waals surface area contributed by atoms with Crippen LogP contribution in [0.1, 0.15) is 45.2 Å². The normalized spacial score (nSPS) is 20.6. The molecule has 0 unspecified atom stereocenters. The maximum Gasteiger partial charge on any atom is 0.407 e. The number of carboxylic acids is 1. The van der Waals surface area contributed by atoms with Crippen molar-refractivity contribution in [3.8, 4) is 0 Å². The standard InChI is InChI=1S/C18H28N4O6/c1-11-9-22(16(26)20-14(11)23)12-5-6-13(15(24)25)21(10-12)8-7-19-17(27)28-18(2,3)4/h9,12-13H,5-8,10H2,1-4H3,(H,19,27)(H,24,25)(H,20,23,26)/t12-,13+/m0/s1. The first-order valence-electron chi connectivity index (χ1n) is 9.23. The van der Waals surface area contributed by atoms with Gasteiger partial charge in [-0.15, -0.1) is 0 Å². The van der Waals surface area contributed by atoms with E-state index >= 15 is 0 Å². The van der Waals surface area contributed by atoms with Gasteiger partial charge in [-0.3, -0.25) is 24.0 Å². The second-order valence-electron chi connectivity index (χ2n) is 7.99. The van der Waals surface area contributed by atoms with Gasteiger partial charge in [-0.25, -0.2) is 9.59 Å². The number of aliphatic carboxylic acids is 1. The predicted molar refractivity (Wildman–Crippen MR) is 102 cm³/mol. The molecule has 1 aromatic rings. The monoisotopic (exact) mass is 396 g/mol. The second kappa shape index (κ2) is 8.59. The molecule has 2 heterocycles. The van der Waals surface area contributed by atoms with Crippen molar-refractivity contribution in [3.63, 3.8) is 0 Å². The Balaban J connectivity index is 2.07. The molecular formula is C18H28N4O6. The smallest absolute Gasteiger partial charge is 0.407 e. The summed E-state index contributed by atoms with van der Waals surface area (Å²) in [6.07, 6.45) is 1.79. The molecular weight excluding hydrogens is 368 g/mol. The molecule has 3 N–H and O–H groups in total. The first-order chi connectivity index (χ1) is 13.0. The number of nitrogens with zero attached hydrogens (tertiary/aromatic N) is 2. The molecule has 0 radical (unpaired) electrons. The fourth-order valence-electron chi connectivity index (χ4n) is 3.25.